The van der Waals surface area contributed by atoms with Crippen LogP contribution in [0.1, 0.15) is 19.8 Å². The molecule has 0 aromatic rings. The lowest BCUT2D eigenvalue weighted by molar-refractivity contribution is -0.115. The first-order valence-corrected chi connectivity index (χ1v) is 3.32. The molecule has 0 fully saturated rings. The van der Waals surface area contributed by atoms with Crippen molar-refractivity contribution in [3.8, 4) is 0 Å². The maximum absolute atomic E-state index is 10.9. The Hall–Kier alpha value is -1.18. The molecule has 0 aliphatic heterocycles. The van der Waals surface area contributed by atoms with E-state index in [9.17, 15) is 9.59 Å². The Morgan fingerprint density at radius 2 is 1.91 bits per heavy atom. The van der Waals surface area contributed by atoms with Gasteiger partial charge in [-0.05, 0) is 24.5 Å². The summed E-state index contributed by atoms with van der Waals surface area (Å²) >= 11 is 0. The Balaban J connectivity index is 3.71. The molecule has 0 amide bonds. The van der Waals surface area contributed by atoms with Crippen LogP contribution in [-0.2, 0) is 9.59 Å². The Morgan fingerprint density at radius 3 is 2.27 bits per heavy atom. The third-order valence-electron chi connectivity index (χ3n) is 1.27. The smallest absolute Gasteiger partial charge is 0.228 e. The van der Waals surface area contributed by atoms with Crippen LogP contribution in [0.3, 0.4) is 0 Å². The first kappa shape index (κ1) is 9.82. The molecule has 0 N–H and O–H groups in total. The quantitative estimate of drug-likeness (QED) is 0.559. The molecule has 0 aromatic heterocycles. The van der Waals surface area contributed by atoms with Gasteiger partial charge in [-0.2, -0.15) is 0 Å². The minimum Gasteiger partial charge on any atom is -0.295 e. The van der Waals surface area contributed by atoms with E-state index in [1.54, 1.807) is 13.2 Å². The number of carbonyl (C=O) groups excluding carboxylic acids is 2. The molecule has 59 valence electrons. The van der Waals surface area contributed by atoms with Gasteiger partial charge in [0.2, 0.25) is 6.29 Å². The second kappa shape index (κ2) is 4.61. The summed E-state index contributed by atoms with van der Waals surface area (Å²) in [6.07, 6.45) is 2.33. The molecule has 1 radical (unpaired) electrons. The second-order valence-corrected chi connectivity index (χ2v) is 2.41. The Bertz CT molecular complexity index is 202. The fraction of sp³-hybridized carbons (Fsp3) is 0.333. The van der Waals surface area contributed by atoms with Gasteiger partial charge in [-0.1, -0.05) is 13.2 Å². The molecule has 2 nitrogen and oxygen atoms in total. The molecule has 0 saturated heterocycles. The van der Waals surface area contributed by atoms with Gasteiger partial charge < -0.3 is 0 Å². The third kappa shape index (κ3) is 4.25. The highest BCUT2D eigenvalue weighted by Crippen LogP contribution is 2.03. The Kier molecular flexibility index (Phi) is 4.11. The van der Waals surface area contributed by atoms with Crippen LogP contribution < -0.4 is 0 Å². The average Bonchev–Trinajstić information content (AvgIpc) is 1.99. The van der Waals surface area contributed by atoms with Crippen LogP contribution in [0.4, 0.5) is 0 Å². The lowest BCUT2D eigenvalue weighted by Crippen LogP contribution is -1.98. The first-order chi connectivity index (χ1) is 5.07. The second-order valence-electron chi connectivity index (χ2n) is 2.41. The molecule has 0 atom stereocenters. The number of ketones is 1. The first-order valence-electron chi connectivity index (χ1n) is 3.32. The molecule has 0 bridgehead atoms. The van der Waals surface area contributed by atoms with E-state index in [2.05, 4.69) is 13.2 Å². The lowest BCUT2D eigenvalue weighted by Gasteiger charge is -1.96. The molecule has 0 unspecified atom stereocenters. The van der Waals surface area contributed by atoms with Crippen molar-refractivity contribution in [1.29, 1.82) is 0 Å². The zero-order chi connectivity index (χ0) is 8.85. The van der Waals surface area contributed by atoms with Gasteiger partial charge in [-0.25, -0.2) is 0 Å². The van der Waals surface area contributed by atoms with Crippen molar-refractivity contribution < 1.29 is 9.59 Å². The molecule has 0 saturated carbocycles. The van der Waals surface area contributed by atoms with Crippen molar-refractivity contribution in [3.63, 3.8) is 0 Å². The number of hydrogen-bond donors (Lipinski definition) is 0. The van der Waals surface area contributed by atoms with Crippen molar-refractivity contribution in [2.75, 3.05) is 0 Å². The van der Waals surface area contributed by atoms with E-state index >= 15 is 0 Å². The van der Waals surface area contributed by atoms with Gasteiger partial charge >= 0.3 is 0 Å². The van der Waals surface area contributed by atoms with Crippen LogP contribution in [0, 0.1) is 0 Å². The van der Waals surface area contributed by atoms with Gasteiger partial charge in [0.1, 0.15) is 0 Å². The predicted molar refractivity (Wildman–Crippen MR) is 43.9 cm³/mol. The largest absolute Gasteiger partial charge is 0.295 e. The summed E-state index contributed by atoms with van der Waals surface area (Å²) in [5.74, 6) is -0.0265. The number of carbonyl (C=O) groups is 1. The highest BCUT2D eigenvalue weighted by atomic mass is 16.1. The Morgan fingerprint density at radius 1 is 1.36 bits per heavy atom. The summed E-state index contributed by atoms with van der Waals surface area (Å²) in [5.41, 5.74) is 0.850. The summed E-state index contributed by atoms with van der Waals surface area (Å²) in [6, 6.07) is 0. The summed E-state index contributed by atoms with van der Waals surface area (Å²) < 4.78 is 0. The van der Waals surface area contributed by atoms with E-state index < -0.39 is 0 Å². The summed E-state index contributed by atoms with van der Waals surface area (Å²) in [5, 5.41) is 0. The van der Waals surface area contributed by atoms with E-state index in [1.807, 2.05) is 0 Å². The molecule has 0 heterocycles. The van der Waals surface area contributed by atoms with E-state index in [1.165, 1.54) is 0 Å². The fourth-order valence-corrected chi connectivity index (χ4v) is 0.529. The van der Waals surface area contributed by atoms with Crippen LogP contribution >= 0.6 is 0 Å². The maximum atomic E-state index is 10.9. The molecule has 11 heavy (non-hydrogen) atoms. The number of Topliss-reactive ketones (excluding diaryl/α,β-unsaturated/α-hetero) is 1. The van der Waals surface area contributed by atoms with Gasteiger partial charge in [0.05, 0.1) is 0 Å². The van der Waals surface area contributed by atoms with Crippen LogP contribution in [-0.4, -0.2) is 12.1 Å². The highest BCUT2D eigenvalue weighted by molar-refractivity contribution is 5.94. The van der Waals surface area contributed by atoms with Crippen LogP contribution in [0.25, 0.3) is 0 Å². The molecule has 2 heteroatoms. The standard InChI is InChI=1S/C9H11O2/c1-7(2)9(11)5-4-8(3)6-10/h1,3-5H2,2H3. The van der Waals surface area contributed by atoms with Crippen LogP contribution in [0.2, 0.25) is 0 Å². The van der Waals surface area contributed by atoms with Gasteiger partial charge in [0, 0.05) is 6.42 Å². The van der Waals surface area contributed by atoms with Crippen molar-refractivity contribution in [1.82, 2.24) is 0 Å². The lowest BCUT2D eigenvalue weighted by atomic mass is 10.1. The zero-order valence-corrected chi connectivity index (χ0v) is 6.64. The third-order valence-corrected chi connectivity index (χ3v) is 1.27. The van der Waals surface area contributed by atoms with Crippen LogP contribution in [0.5, 0.6) is 0 Å². The molecular weight excluding hydrogens is 140 g/mol. The van der Waals surface area contributed by atoms with Crippen molar-refractivity contribution in [2.45, 2.75) is 19.8 Å². The zero-order valence-electron chi connectivity index (χ0n) is 6.64. The normalized spacial score (nSPS) is 8.82. The van der Waals surface area contributed by atoms with Crippen molar-refractivity contribution in [2.24, 2.45) is 0 Å². The Labute approximate surface area is 66.6 Å². The van der Waals surface area contributed by atoms with Gasteiger partial charge in [-0.3, -0.25) is 9.59 Å². The predicted octanol–water partition coefficient (Wildman–Crippen LogP) is 1.58. The van der Waals surface area contributed by atoms with E-state index in [0.29, 0.717) is 24.0 Å². The van der Waals surface area contributed by atoms with Crippen molar-refractivity contribution in [3.05, 3.63) is 24.3 Å². The number of allylic oxidation sites excluding steroid dienone is 2. The average molecular weight is 151 g/mol. The number of rotatable bonds is 5. The van der Waals surface area contributed by atoms with Gasteiger partial charge in [0.15, 0.2) is 5.78 Å². The molecule has 0 aliphatic rings. The highest BCUT2D eigenvalue weighted by Gasteiger charge is 2.02. The van der Waals surface area contributed by atoms with E-state index in [0.717, 1.165) is 0 Å². The van der Waals surface area contributed by atoms with Crippen LogP contribution in [0.15, 0.2) is 24.3 Å². The SMILES string of the molecule is C=C([C]=O)CCC(=O)C(=C)C. The monoisotopic (exact) mass is 151 g/mol. The van der Waals surface area contributed by atoms with E-state index in [-0.39, 0.29) is 5.78 Å². The molecule has 0 aliphatic carbocycles. The van der Waals surface area contributed by atoms with E-state index in [4.69, 9.17) is 0 Å². The molecule has 0 spiro atoms. The van der Waals surface area contributed by atoms with Gasteiger partial charge in [0.25, 0.3) is 0 Å². The minimum absolute atomic E-state index is 0.0265. The summed E-state index contributed by atoms with van der Waals surface area (Å²) in [6.45, 7) is 8.53. The van der Waals surface area contributed by atoms with Gasteiger partial charge in [-0.15, -0.1) is 0 Å². The topological polar surface area (TPSA) is 34.1 Å². The summed E-state index contributed by atoms with van der Waals surface area (Å²) in [7, 11) is 0. The molecular formula is C9H11O2. The summed E-state index contributed by atoms with van der Waals surface area (Å²) in [4.78, 5) is 20.8. The number of hydrogen-bond acceptors (Lipinski definition) is 2. The molecule has 0 rings (SSSR count). The fourth-order valence-electron chi connectivity index (χ4n) is 0.529. The van der Waals surface area contributed by atoms with Crippen molar-refractivity contribution >= 4 is 12.1 Å². The molecule has 0 aromatic carbocycles. The minimum atomic E-state index is -0.0265. The maximum Gasteiger partial charge on any atom is 0.228 e.